The van der Waals surface area contributed by atoms with Crippen LogP contribution in [0.5, 0.6) is 0 Å². The molecule has 0 saturated heterocycles. The highest BCUT2D eigenvalue weighted by molar-refractivity contribution is 6.12. The van der Waals surface area contributed by atoms with E-state index in [4.69, 9.17) is 0 Å². The van der Waals surface area contributed by atoms with Gasteiger partial charge in [0.1, 0.15) is 0 Å². The van der Waals surface area contributed by atoms with E-state index in [0.29, 0.717) is 5.56 Å². The summed E-state index contributed by atoms with van der Waals surface area (Å²) in [4.78, 5) is 21.7. The van der Waals surface area contributed by atoms with E-state index in [1.807, 2.05) is 58.0 Å². The number of aryl methyl sites for hydroxylation is 4. The number of nitrogens with one attached hydrogen (secondary N) is 1. The molecule has 0 atom stereocenters. The Kier molecular flexibility index (Phi) is 3.82. The standard InChI is InChI=1S/C19H19N3O/c1-11-10-13(3)20-14(4)17(11)22-19(23)16-7-5-6-15-9-8-12(2)21-18(15)16/h5-10H,1-4H3,(H,22,23). The number of hydrogen-bond donors (Lipinski definition) is 1. The number of fused-ring (bicyclic) bond motifs is 1. The molecule has 1 amide bonds. The summed E-state index contributed by atoms with van der Waals surface area (Å²) in [5, 5.41) is 3.95. The Morgan fingerprint density at radius 2 is 1.74 bits per heavy atom. The number of amides is 1. The monoisotopic (exact) mass is 305 g/mol. The number of pyridine rings is 2. The maximum atomic E-state index is 12.7. The molecule has 1 N–H and O–H groups in total. The van der Waals surface area contributed by atoms with Gasteiger partial charge >= 0.3 is 0 Å². The van der Waals surface area contributed by atoms with Crippen LogP contribution in [-0.4, -0.2) is 15.9 Å². The van der Waals surface area contributed by atoms with Crippen LogP contribution in [0.2, 0.25) is 0 Å². The molecule has 23 heavy (non-hydrogen) atoms. The normalized spacial score (nSPS) is 10.8. The Morgan fingerprint density at radius 3 is 2.48 bits per heavy atom. The highest BCUT2D eigenvalue weighted by Crippen LogP contribution is 2.22. The molecule has 0 spiro atoms. The second-order valence-corrected chi connectivity index (χ2v) is 5.82. The highest BCUT2D eigenvalue weighted by atomic mass is 16.1. The molecule has 1 aromatic carbocycles. The van der Waals surface area contributed by atoms with Gasteiger partial charge in [0.2, 0.25) is 0 Å². The summed E-state index contributed by atoms with van der Waals surface area (Å²) in [6, 6.07) is 11.5. The first-order chi connectivity index (χ1) is 11.0. The van der Waals surface area contributed by atoms with E-state index in [9.17, 15) is 4.79 Å². The van der Waals surface area contributed by atoms with E-state index in [0.717, 1.165) is 39.2 Å². The van der Waals surface area contributed by atoms with Gasteiger partial charge in [-0.1, -0.05) is 18.2 Å². The van der Waals surface area contributed by atoms with Crippen LogP contribution in [0, 0.1) is 27.7 Å². The summed E-state index contributed by atoms with van der Waals surface area (Å²) in [6.45, 7) is 7.75. The molecule has 0 saturated carbocycles. The van der Waals surface area contributed by atoms with Crippen LogP contribution in [-0.2, 0) is 0 Å². The minimum atomic E-state index is -0.162. The molecule has 0 aliphatic rings. The van der Waals surface area contributed by atoms with Gasteiger partial charge < -0.3 is 5.32 Å². The van der Waals surface area contributed by atoms with E-state index in [-0.39, 0.29) is 5.91 Å². The van der Waals surface area contributed by atoms with Gasteiger partial charge in [0, 0.05) is 16.8 Å². The third kappa shape index (κ3) is 2.93. The van der Waals surface area contributed by atoms with Gasteiger partial charge in [0.15, 0.2) is 0 Å². The number of hydrogen-bond acceptors (Lipinski definition) is 3. The van der Waals surface area contributed by atoms with Crippen molar-refractivity contribution in [1.82, 2.24) is 9.97 Å². The smallest absolute Gasteiger partial charge is 0.257 e. The fraction of sp³-hybridized carbons (Fsp3) is 0.211. The Morgan fingerprint density at radius 1 is 0.957 bits per heavy atom. The predicted molar refractivity (Wildman–Crippen MR) is 92.9 cm³/mol. The van der Waals surface area contributed by atoms with Crippen molar-refractivity contribution in [2.24, 2.45) is 0 Å². The quantitative estimate of drug-likeness (QED) is 0.775. The first-order valence-electron chi connectivity index (χ1n) is 7.58. The zero-order chi connectivity index (χ0) is 16.6. The lowest BCUT2D eigenvalue weighted by molar-refractivity contribution is 0.102. The van der Waals surface area contributed by atoms with Gasteiger partial charge in [-0.15, -0.1) is 0 Å². The second-order valence-electron chi connectivity index (χ2n) is 5.82. The molecule has 0 aliphatic carbocycles. The number of para-hydroxylation sites is 1. The second kappa shape index (κ2) is 5.80. The molecule has 3 rings (SSSR count). The zero-order valence-electron chi connectivity index (χ0n) is 13.8. The maximum absolute atomic E-state index is 12.7. The molecule has 2 heterocycles. The molecule has 3 aromatic rings. The number of benzene rings is 1. The first kappa shape index (κ1) is 15.2. The molecule has 0 unspecified atom stereocenters. The fourth-order valence-electron chi connectivity index (χ4n) is 2.82. The molecule has 0 fully saturated rings. The average molecular weight is 305 g/mol. The topological polar surface area (TPSA) is 54.9 Å². The first-order valence-corrected chi connectivity index (χ1v) is 7.58. The fourth-order valence-corrected chi connectivity index (χ4v) is 2.82. The highest BCUT2D eigenvalue weighted by Gasteiger charge is 2.14. The summed E-state index contributed by atoms with van der Waals surface area (Å²) >= 11 is 0. The third-order valence-electron chi connectivity index (χ3n) is 3.87. The van der Waals surface area contributed by atoms with Gasteiger partial charge in [-0.05, 0) is 51.5 Å². The van der Waals surface area contributed by atoms with Crippen LogP contribution in [0.15, 0.2) is 36.4 Å². The lowest BCUT2D eigenvalue weighted by Crippen LogP contribution is -2.15. The van der Waals surface area contributed by atoms with E-state index >= 15 is 0 Å². The average Bonchev–Trinajstić information content (AvgIpc) is 2.50. The van der Waals surface area contributed by atoms with Crippen LogP contribution in [0.1, 0.15) is 33.0 Å². The van der Waals surface area contributed by atoms with Gasteiger partial charge in [0.05, 0.1) is 22.5 Å². The molecule has 0 radical (unpaired) electrons. The van der Waals surface area contributed by atoms with Crippen LogP contribution in [0.4, 0.5) is 5.69 Å². The summed E-state index contributed by atoms with van der Waals surface area (Å²) in [7, 11) is 0. The van der Waals surface area contributed by atoms with E-state index in [1.165, 1.54) is 0 Å². The van der Waals surface area contributed by atoms with Crippen molar-refractivity contribution in [2.45, 2.75) is 27.7 Å². The van der Waals surface area contributed by atoms with Crippen molar-refractivity contribution in [2.75, 3.05) is 5.32 Å². The van der Waals surface area contributed by atoms with E-state index in [1.54, 1.807) is 6.07 Å². The molecular formula is C19H19N3O. The minimum Gasteiger partial charge on any atom is -0.320 e. The Balaban J connectivity index is 2.04. The van der Waals surface area contributed by atoms with Crippen molar-refractivity contribution < 1.29 is 4.79 Å². The van der Waals surface area contributed by atoms with Gasteiger partial charge in [0.25, 0.3) is 5.91 Å². The zero-order valence-corrected chi connectivity index (χ0v) is 13.8. The SMILES string of the molecule is Cc1cc(C)c(NC(=O)c2cccc3ccc(C)nc23)c(C)n1. The lowest BCUT2D eigenvalue weighted by atomic mass is 10.1. The van der Waals surface area contributed by atoms with Crippen molar-refractivity contribution in [1.29, 1.82) is 0 Å². The predicted octanol–water partition coefficient (Wildman–Crippen LogP) is 4.12. The summed E-state index contributed by atoms with van der Waals surface area (Å²) in [5.74, 6) is -0.162. The van der Waals surface area contributed by atoms with Crippen molar-refractivity contribution >= 4 is 22.5 Å². The molecule has 0 bridgehead atoms. The van der Waals surface area contributed by atoms with E-state index < -0.39 is 0 Å². The number of carbonyl (C=O) groups is 1. The Hall–Kier alpha value is -2.75. The Bertz CT molecular complexity index is 893. The minimum absolute atomic E-state index is 0.162. The molecule has 0 aliphatic heterocycles. The summed E-state index contributed by atoms with van der Waals surface area (Å²) in [5.41, 5.74) is 5.73. The third-order valence-corrected chi connectivity index (χ3v) is 3.87. The van der Waals surface area contributed by atoms with Crippen LogP contribution in [0.3, 0.4) is 0 Å². The molecular weight excluding hydrogens is 286 g/mol. The van der Waals surface area contributed by atoms with Gasteiger partial charge in [-0.25, -0.2) is 0 Å². The lowest BCUT2D eigenvalue weighted by Gasteiger charge is -2.13. The van der Waals surface area contributed by atoms with Crippen molar-refractivity contribution in [3.8, 4) is 0 Å². The van der Waals surface area contributed by atoms with Crippen LogP contribution in [0.25, 0.3) is 10.9 Å². The summed E-state index contributed by atoms with van der Waals surface area (Å²) in [6.07, 6.45) is 0. The maximum Gasteiger partial charge on any atom is 0.257 e. The molecule has 2 aromatic heterocycles. The largest absolute Gasteiger partial charge is 0.320 e. The van der Waals surface area contributed by atoms with Crippen LogP contribution < -0.4 is 5.32 Å². The van der Waals surface area contributed by atoms with Gasteiger partial charge in [-0.3, -0.25) is 14.8 Å². The molecule has 4 heteroatoms. The molecule has 4 nitrogen and oxygen atoms in total. The number of rotatable bonds is 2. The summed E-state index contributed by atoms with van der Waals surface area (Å²) < 4.78 is 0. The Labute approximate surface area is 135 Å². The van der Waals surface area contributed by atoms with Crippen LogP contribution >= 0.6 is 0 Å². The van der Waals surface area contributed by atoms with Crippen molar-refractivity contribution in [3.05, 3.63) is 64.6 Å². The molecule has 116 valence electrons. The van der Waals surface area contributed by atoms with Crippen molar-refractivity contribution in [3.63, 3.8) is 0 Å². The van der Waals surface area contributed by atoms with Gasteiger partial charge in [-0.2, -0.15) is 0 Å². The number of carbonyl (C=O) groups excluding carboxylic acids is 1. The number of aromatic nitrogens is 2. The number of anilines is 1. The number of nitrogens with zero attached hydrogens (tertiary/aromatic N) is 2. The van der Waals surface area contributed by atoms with E-state index in [2.05, 4.69) is 15.3 Å².